The third-order valence-electron chi connectivity index (χ3n) is 2.94. The molecule has 18 heavy (non-hydrogen) atoms. The molecule has 1 N–H and O–H groups in total. The van der Waals surface area contributed by atoms with Crippen LogP contribution in [0.2, 0.25) is 0 Å². The van der Waals surface area contributed by atoms with E-state index in [0.29, 0.717) is 0 Å². The van der Waals surface area contributed by atoms with Gasteiger partial charge >= 0.3 is 0 Å². The monoisotopic (exact) mass is 235 g/mol. The molecule has 0 aliphatic rings. The predicted octanol–water partition coefficient (Wildman–Crippen LogP) is 3.45. The first kappa shape index (κ1) is 10.7. The Morgan fingerprint density at radius 3 is 2.44 bits per heavy atom. The van der Waals surface area contributed by atoms with Crippen LogP contribution < -0.4 is 0 Å². The van der Waals surface area contributed by atoms with E-state index >= 15 is 0 Å². The number of pyridine rings is 1. The number of aromatic nitrogens is 3. The lowest BCUT2D eigenvalue weighted by atomic mass is 10.0. The quantitative estimate of drug-likeness (QED) is 0.739. The van der Waals surface area contributed by atoms with Gasteiger partial charge in [0.25, 0.3) is 0 Å². The largest absolute Gasteiger partial charge is 0.282 e. The molecule has 0 radical (unpaired) electrons. The van der Waals surface area contributed by atoms with Crippen LogP contribution in [0.3, 0.4) is 0 Å². The fourth-order valence-electron chi connectivity index (χ4n) is 2.10. The summed E-state index contributed by atoms with van der Waals surface area (Å²) >= 11 is 0. The summed E-state index contributed by atoms with van der Waals surface area (Å²) in [4.78, 5) is 4.17. The van der Waals surface area contributed by atoms with Gasteiger partial charge in [0.05, 0.1) is 0 Å². The van der Waals surface area contributed by atoms with Gasteiger partial charge < -0.3 is 0 Å². The fraction of sp³-hybridized carbons (Fsp3) is 0.0667. The topological polar surface area (TPSA) is 41.6 Å². The highest BCUT2D eigenvalue weighted by molar-refractivity contribution is 5.81. The lowest BCUT2D eigenvalue weighted by molar-refractivity contribution is 1.05. The van der Waals surface area contributed by atoms with Gasteiger partial charge in [0.2, 0.25) is 0 Å². The Hall–Kier alpha value is -2.42. The fourth-order valence-corrected chi connectivity index (χ4v) is 2.10. The van der Waals surface area contributed by atoms with Crippen molar-refractivity contribution in [1.82, 2.24) is 15.2 Å². The molecule has 0 saturated heterocycles. The SMILES string of the molecule is Cc1[nH]nc(-c2ccccc2)c1-c1cccnc1. The average molecular weight is 235 g/mol. The molecule has 3 aromatic rings. The predicted molar refractivity (Wildman–Crippen MR) is 72.0 cm³/mol. The van der Waals surface area contributed by atoms with Gasteiger partial charge in [-0.2, -0.15) is 5.10 Å². The molecule has 0 fully saturated rings. The van der Waals surface area contributed by atoms with Crippen molar-refractivity contribution >= 4 is 0 Å². The van der Waals surface area contributed by atoms with Gasteiger partial charge in [-0.1, -0.05) is 36.4 Å². The van der Waals surface area contributed by atoms with Crippen molar-refractivity contribution in [3.8, 4) is 22.4 Å². The normalized spacial score (nSPS) is 10.5. The number of aryl methyl sites for hydroxylation is 1. The number of aromatic amines is 1. The number of nitrogens with one attached hydrogen (secondary N) is 1. The van der Waals surface area contributed by atoms with E-state index in [4.69, 9.17) is 0 Å². The first-order chi connectivity index (χ1) is 8.86. The Morgan fingerprint density at radius 1 is 0.944 bits per heavy atom. The number of H-pyrrole nitrogens is 1. The standard InChI is InChI=1S/C15H13N3/c1-11-14(13-8-5-9-16-10-13)15(18-17-11)12-6-3-2-4-7-12/h2-10H,1H3,(H,17,18). The molecule has 0 aliphatic carbocycles. The molecule has 0 amide bonds. The molecular weight excluding hydrogens is 222 g/mol. The first-order valence-electron chi connectivity index (χ1n) is 5.87. The maximum Gasteiger partial charge on any atom is 0.100 e. The Balaban J connectivity index is 2.19. The lowest BCUT2D eigenvalue weighted by Gasteiger charge is -2.03. The van der Waals surface area contributed by atoms with Gasteiger partial charge in [-0.25, -0.2) is 0 Å². The summed E-state index contributed by atoms with van der Waals surface area (Å²) in [5, 5.41) is 7.47. The zero-order chi connectivity index (χ0) is 12.4. The highest BCUT2D eigenvalue weighted by Crippen LogP contribution is 2.31. The summed E-state index contributed by atoms with van der Waals surface area (Å²) in [7, 11) is 0. The molecule has 1 aromatic carbocycles. The summed E-state index contributed by atoms with van der Waals surface area (Å²) in [6.07, 6.45) is 3.64. The Bertz CT molecular complexity index is 642. The minimum Gasteiger partial charge on any atom is -0.282 e. The van der Waals surface area contributed by atoms with Crippen LogP contribution in [-0.2, 0) is 0 Å². The van der Waals surface area contributed by atoms with E-state index in [0.717, 1.165) is 28.1 Å². The molecule has 88 valence electrons. The summed E-state index contributed by atoms with van der Waals surface area (Å²) in [5.74, 6) is 0. The summed E-state index contributed by atoms with van der Waals surface area (Å²) in [5.41, 5.74) is 5.35. The van der Waals surface area contributed by atoms with Crippen molar-refractivity contribution in [3.63, 3.8) is 0 Å². The van der Waals surface area contributed by atoms with Gasteiger partial charge in [0.15, 0.2) is 0 Å². The molecule has 0 aliphatic heterocycles. The molecule has 0 saturated carbocycles. The van der Waals surface area contributed by atoms with Gasteiger partial charge in [-0.15, -0.1) is 0 Å². The Kier molecular flexibility index (Phi) is 2.65. The third-order valence-corrected chi connectivity index (χ3v) is 2.94. The highest BCUT2D eigenvalue weighted by atomic mass is 15.1. The van der Waals surface area contributed by atoms with Crippen molar-refractivity contribution in [2.75, 3.05) is 0 Å². The summed E-state index contributed by atoms with van der Waals surface area (Å²) in [6.45, 7) is 2.03. The number of hydrogen-bond acceptors (Lipinski definition) is 2. The molecular formula is C15H13N3. The zero-order valence-electron chi connectivity index (χ0n) is 10.1. The number of rotatable bonds is 2. The maximum atomic E-state index is 4.41. The van der Waals surface area contributed by atoms with Crippen molar-refractivity contribution in [1.29, 1.82) is 0 Å². The molecule has 2 heterocycles. The number of hydrogen-bond donors (Lipinski definition) is 1. The van der Waals surface area contributed by atoms with Crippen molar-refractivity contribution in [2.24, 2.45) is 0 Å². The van der Waals surface area contributed by atoms with E-state index in [1.54, 1.807) is 6.20 Å². The zero-order valence-corrected chi connectivity index (χ0v) is 10.1. The third kappa shape index (κ3) is 1.80. The van der Waals surface area contributed by atoms with Crippen LogP contribution in [0.1, 0.15) is 5.69 Å². The van der Waals surface area contributed by atoms with E-state index in [1.165, 1.54) is 0 Å². The van der Waals surface area contributed by atoms with Crippen LogP contribution in [0, 0.1) is 6.92 Å². The van der Waals surface area contributed by atoms with Gasteiger partial charge in [0.1, 0.15) is 5.69 Å². The summed E-state index contributed by atoms with van der Waals surface area (Å²) in [6, 6.07) is 14.2. The smallest absolute Gasteiger partial charge is 0.100 e. The second-order valence-corrected chi connectivity index (χ2v) is 4.18. The lowest BCUT2D eigenvalue weighted by Crippen LogP contribution is -1.84. The van der Waals surface area contributed by atoms with Crippen LogP contribution in [-0.4, -0.2) is 15.2 Å². The minimum atomic E-state index is 0.973. The van der Waals surface area contributed by atoms with Crippen molar-refractivity contribution in [2.45, 2.75) is 6.92 Å². The van der Waals surface area contributed by atoms with Gasteiger partial charge in [0, 0.05) is 34.8 Å². The van der Waals surface area contributed by atoms with Crippen molar-refractivity contribution < 1.29 is 0 Å². The molecule has 0 spiro atoms. The second kappa shape index (κ2) is 4.45. The molecule has 0 bridgehead atoms. The Labute approximate surface area is 106 Å². The molecule has 3 heteroatoms. The van der Waals surface area contributed by atoms with Crippen LogP contribution in [0.5, 0.6) is 0 Å². The van der Waals surface area contributed by atoms with E-state index < -0.39 is 0 Å². The molecule has 0 unspecified atom stereocenters. The number of nitrogens with zero attached hydrogens (tertiary/aromatic N) is 2. The first-order valence-corrected chi connectivity index (χ1v) is 5.87. The van der Waals surface area contributed by atoms with Crippen molar-refractivity contribution in [3.05, 3.63) is 60.6 Å². The van der Waals surface area contributed by atoms with Crippen LogP contribution >= 0.6 is 0 Å². The van der Waals surface area contributed by atoms with Crippen LogP contribution in [0.25, 0.3) is 22.4 Å². The van der Waals surface area contributed by atoms with Gasteiger partial charge in [-0.05, 0) is 13.0 Å². The molecule has 3 rings (SSSR count). The maximum absolute atomic E-state index is 4.41. The Morgan fingerprint density at radius 2 is 1.72 bits per heavy atom. The minimum absolute atomic E-state index is 0.973. The second-order valence-electron chi connectivity index (χ2n) is 4.18. The molecule has 3 nitrogen and oxygen atoms in total. The average Bonchev–Trinajstić information content (AvgIpc) is 2.83. The van der Waals surface area contributed by atoms with E-state index in [9.17, 15) is 0 Å². The van der Waals surface area contributed by atoms with Gasteiger partial charge in [-0.3, -0.25) is 10.1 Å². The summed E-state index contributed by atoms with van der Waals surface area (Å²) < 4.78 is 0. The highest BCUT2D eigenvalue weighted by Gasteiger charge is 2.13. The molecule has 0 atom stereocenters. The van der Waals surface area contributed by atoms with Crippen LogP contribution in [0.4, 0.5) is 0 Å². The number of benzene rings is 1. The molecule has 2 aromatic heterocycles. The van der Waals surface area contributed by atoms with Crippen LogP contribution in [0.15, 0.2) is 54.9 Å². The van der Waals surface area contributed by atoms with E-state index in [1.807, 2.05) is 37.4 Å². The van der Waals surface area contributed by atoms with E-state index in [2.05, 4.69) is 33.4 Å². The van der Waals surface area contributed by atoms with E-state index in [-0.39, 0.29) is 0 Å².